The molecule has 0 saturated carbocycles. The minimum atomic E-state index is -2.42. The van der Waals surface area contributed by atoms with E-state index in [0.29, 0.717) is 0 Å². The van der Waals surface area contributed by atoms with Gasteiger partial charge in [0, 0.05) is 6.42 Å². The fraction of sp³-hybridized carbons (Fsp3) is 0.294. The average Bonchev–Trinajstić information content (AvgIpc) is 3.09. The first-order valence-electron chi connectivity index (χ1n) is 14.7. The SMILES string of the molecule is CC(=O)CCC(=O)O[C@H]1[C@@H](OC(=O)c2ccccc2)[C@@H](COC(=O)c2ccccc2)O[C@H](OC(=N)C(Cl)(Cl)Cl)[C@@H]1OC(=O)c1ccccc1. The Morgan fingerprint density at radius 1 is 0.653 bits per heavy atom. The normalized spacial score (nSPS) is 20.3. The Morgan fingerprint density at radius 2 is 1.12 bits per heavy atom. The van der Waals surface area contributed by atoms with Crippen molar-refractivity contribution in [2.75, 3.05) is 6.61 Å². The monoisotopic (exact) mass is 733 g/mol. The molecular formula is C34H30Cl3NO11. The van der Waals surface area contributed by atoms with Gasteiger partial charge >= 0.3 is 23.9 Å². The van der Waals surface area contributed by atoms with Gasteiger partial charge < -0.3 is 33.2 Å². The summed E-state index contributed by atoms with van der Waals surface area (Å²) in [5.74, 6) is -4.86. The maximum Gasteiger partial charge on any atom is 0.338 e. The van der Waals surface area contributed by atoms with Crippen molar-refractivity contribution in [2.24, 2.45) is 0 Å². The lowest BCUT2D eigenvalue weighted by atomic mass is 9.97. The van der Waals surface area contributed by atoms with E-state index >= 15 is 0 Å². The lowest BCUT2D eigenvalue weighted by Crippen LogP contribution is -2.63. The van der Waals surface area contributed by atoms with E-state index in [9.17, 15) is 24.0 Å². The molecule has 0 spiro atoms. The Balaban J connectivity index is 1.77. The molecule has 1 N–H and O–H groups in total. The number of hydrogen-bond donors (Lipinski definition) is 1. The van der Waals surface area contributed by atoms with Crippen molar-refractivity contribution in [2.45, 2.75) is 54.3 Å². The number of carbonyl (C=O) groups excluding carboxylic acids is 5. The highest BCUT2D eigenvalue weighted by molar-refractivity contribution is 6.76. The number of halogens is 3. The van der Waals surface area contributed by atoms with E-state index in [-0.39, 0.29) is 28.9 Å². The molecule has 1 aliphatic heterocycles. The van der Waals surface area contributed by atoms with Gasteiger partial charge in [0.25, 0.3) is 3.79 Å². The number of carbonyl (C=O) groups is 5. The van der Waals surface area contributed by atoms with Crippen molar-refractivity contribution in [1.29, 1.82) is 5.41 Å². The summed E-state index contributed by atoms with van der Waals surface area (Å²) in [5, 5.41) is 8.20. The number of rotatable bonds is 12. The van der Waals surface area contributed by atoms with Crippen LogP contribution in [0.25, 0.3) is 0 Å². The van der Waals surface area contributed by atoms with Crippen LogP contribution in [0.15, 0.2) is 91.0 Å². The Kier molecular flexibility index (Phi) is 13.1. The van der Waals surface area contributed by atoms with Crippen molar-refractivity contribution in [3.63, 3.8) is 0 Å². The number of nitrogens with one attached hydrogen (secondary N) is 1. The summed E-state index contributed by atoms with van der Waals surface area (Å²) < 4.78 is 32.0. The van der Waals surface area contributed by atoms with Crippen LogP contribution in [0, 0.1) is 5.41 Å². The summed E-state index contributed by atoms with van der Waals surface area (Å²) in [6.07, 6.45) is -9.07. The lowest BCUT2D eigenvalue weighted by Gasteiger charge is -2.44. The molecule has 15 heteroatoms. The highest BCUT2D eigenvalue weighted by atomic mass is 35.6. The maximum atomic E-state index is 13.4. The molecule has 1 heterocycles. The number of ketones is 1. The summed E-state index contributed by atoms with van der Waals surface area (Å²) >= 11 is 17.6. The van der Waals surface area contributed by atoms with Gasteiger partial charge in [0.15, 0.2) is 12.2 Å². The van der Waals surface area contributed by atoms with Crippen LogP contribution in [-0.2, 0) is 38.0 Å². The predicted molar refractivity (Wildman–Crippen MR) is 176 cm³/mol. The van der Waals surface area contributed by atoms with Gasteiger partial charge in [0.1, 0.15) is 18.5 Å². The molecule has 0 amide bonds. The summed E-state index contributed by atoms with van der Waals surface area (Å²) in [7, 11) is 0. The first-order valence-corrected chi connectivity index (χ1v) is 15.9. The van der Waals surface area contributed by atoms with Crippen LogP contribution < -0.4 is 0 Å². The second-order valence-electron chi connectivity index (χ2n) is 10.6. The number of hydrogen-bond acceptors (Lipinski definition) is 12. The molecule has 0 unspecified atom stereocenters. The van der Waals surface area contributed by atoms with E-state index in [4.69, 9.17) is 68.6 Å². The van der Waals surface area contributed by atoms with Crippen molar-refractivity contribution in [3.05, 3.63) is 108 Å². The van der Waals surface area contributed by atoms with Gasteiger partial charge in [0.2, 0.25) is 18.3 Å². The molecule has 1 fully saturated rings. The average molecular weight is 735 g/mol. The molecular weight excluding hydrogens is 705 g/mol. The van der Waals surface area contributed by atoms with Gasteiger partial charge in [-0.15, -0.1) is 0 Å². The largest absolute Gasteiger partial charge is 0.459 e. The van der Waals surface area contributed by atoms with Crippen molar-refractivity contribution in [1.82, 2.24) is 0 Å². The number of Topliss-reactive ketones (excluding diaryl/α,β-unsaturated/α-hetero) is 1. The van der Waals surface area contributed by atoms with Crippen molar-refractivity contribution >= 4 is 70.4 Å². The zero-order chi connectivity index (χ0) is 35.6. The van der Waals surface area contributed by atoms with Crippen LogP contribution in [-0.4, -0.2) is 76.7 Å². The first-order chi connectivity index (χ1) is 23.3. The third-order valence-electron chi connectivity index (χ3n) is 6.92. The van der Waals surface area contributed by atoms with E-state index < -0.39 is 77.3 Å². The lowest BCUT2D eigenvalue weighted by molar-refractivity contribution is -0.283. The van der Waals surface area contributed by atoms with Crippen LogP contribution in [0.5, 0.6) is 0 Å². The molecule has 0 aliphatic carbocycles. The molecule has 1 saturated heterocycles. The van der Waals surface area contributed by atoms with Gasteiger partial charge in [-0.2, -0.15) is 0 Å². The Labute approximate surface area is 295 Å². The van der Waals surface area contributed by atoms with E-state index in [2.05, 4.69) is 0 Å². The second-order valence-corrected chi connectivity index (χ2v) is 12.9. The summed E-state index contributed by atoms with van der Waals surface area (Å²) in [4.78, 5) is 64.5. The third-order valence-corrected chi connectivity index (χ3v) is 7.44. The molecule has 49 heavy (non-hydrogen) atoms. The molecule has 12 nitrogen and oxygen atoms in total. The van der Waals surface area contributed by atoms with Crippen molar-refractivity contribution < 1.29 is 52.4 Å². The molecule has 0 aromatic heterocycles. The number of benzene rings is 3. The van der Waals surface area contributed by atoms with Crippen LogP contribution >= 0.6 is 34.8 Å². The summed E-state index contributed by atoms with van der Waals surface area (Å²) in [5.41, 5.74) is 0.346. The fourth-order valence-electron chi connectivity index (χ4n) is 4.53. The smallest absolute Gasteiger partial charge is 0.338 e. The minimum Gasteiger partial charge on any atom is -0.459 e. The summed E-state index contributed by atoms with van der Waals surface area (Å²) in [6, 6.07) is 23.4. The van der Waals surface area contributed by atoms with E-state index in [1.54, 1.807) is 54.6 Å². The maximum absolute atomic E-state index is 13.4. The fourth-order valence-corrected chi connectivity index (χ4v) is 4.66. The van der Waals surface area contributed by atoms with E-state index in [0.717, 1.165) is 0 Å². The van der Waals surface area contributed by atoms with Crippen LogP contribution in [0.4, 0.5) is 0 Å². The Hall–Kier alpha value is -4.49. The van der Waals surface area contributed by atoms with Gasteiger partial charge in [-0.05, 0) is 43.3 Å². The summed E-state index contributed by atoms with van der Waals surface area (Å²) in [6.45, 7) is 0.655. The third kappa shape index (κ3) is 10.8. The second kappa shape index (κ2) is 17.3. The number of alkyl halides is 3. The number of esters is 4. The van der Waals surface area contributed by atoms with E-state index in [1.807, 2.05) is 0 Å². The molecule has 258 valence electrons. The Morgan fingerprint density at radius 3 is 1.59 bits per heavy atom. The van der Waals surface area contributed by atoms with Gasteiger partial charge in [-0.3, -0.25) is 10.2 Å². The zero-order valence-corrected chi connectivity index (χ0v) is 28.1. The molecule has 5 atom stereocenters. The quantitative estimate of drug-likeness (QED) is 0.0802. The van der Waals surface area contributed by atoms with Crippen LogP contribution in [0.3, 0.4) is 0 Å². The Bertz CT molecular complexity index is 1640. The van der Waals surface area contributed by atoms with Crippen molar-refractivity contribution in [3.8, 4) is 0 Å². The number of ether oxygens (including phenoxy) is 6. The molecule has 3 aromatic carbocycles. The standard InChI is InChI=1S/C34H30Cl3NO11/c1-20(39)17-18-25(40)46-27-26(47-30(42)22-13-7-3-8-14-22)24(19-44-29(41)21-11-5-2-6-12-21)45-32(49-33(38)34(35,36)37)28(27)48-31(43)23-15-9-4-10-16-23/h2-16,24,26-28,32,38H,17-19H2,1H3/t24-,26+,27+,28-,32-/m1/s1. The molecule has 0 bridgehead atoms. The predicted octanol–water partition coefficient (Wildman–Crippen LogP) is 5.66. The van der Waals surface area contributed by atoms with Gasteiger partial charge in [-0.1, -0.05) is 89.4 Å². The highest BCUT2D eigenvalue weighted by Crippen LogP contribution is 2.34. The topological polar surface area (TPSA) is 165 Å². The van der Waals surface area contributed by atoms with Gasteiger partial charge in [-0.25, -0.2) is 14.4 Å². The minimum absolute atomic E-state index is 0.0658. The zero-order valence-electron chi connectivity index (χ0n) is 25.8. The molecule has 3 aromatic rings. The van der Waals surface area contributed by atoms with E-state index in [1.165, 1.54) is 43.3 Å². The van der Waals surface area contributed by atoms with Crippen LogP contribution in [0.2, 0.25) is 0 Å². The first kappa shape index (κ1) is 37.3. The molecule has 0 radical (unpaired) electrons. The van der Waals surface area contributed by atoms with Gasteiger partial charge in [0.05, 0.1) is 23.1 Å². The highest BCUT2D eigenvalue weighted by Gasteiger charge is 2.55. The molecule has 4 rings (SSSR count). The molecule has 1 aliphatic rings. The van der Waals surface area contributed by atoms with Crippen LogP contribution in [0.1, 0.15) is 50.8 Å².